The number of rotatable bonds is 5. The molecule has 0 saturated heterocycles. The Kier molecular flexibility index (Phi) is 4.13. The predicted octanol–water partition coefficient (Wildman–Crippen LogP) is 1.79. The van der Waals surface area contributed by atoms with Crippen molar-refractivity contribution in [3.05, 3.63) is 42.0 Å². The first-order valence-corrected chi connectivity index (χ1v) is 7.46. The number of aromatic nitrogens is 4. The number of carbonyl (C=O) groups excluding carboxylic acids is 1. The van der Waals surface area contributed by atoms with Crippen LogP contribution >= 0.6 is 0 Å². The van der Waals surface area contributed by atoms with Crippen LogP contribution in [0, 0.1) is 5.82 Å². The summed E-state index contributed by atoms with van der Waals surface area (Å²) in [5.74, 6) is -0.370. The molecule has 1 aliphatic carbocycles. The fourth-order valence-electron chi connectivity index (χ4n) is 3.12. The summed E-state index contributed by atoms with van der Waals surface area (Å²) in [7, 11) is 0. The van der Waals surface area contributed by atoms with Crippen LogP contribution in [0.3, 0.4) is 0 Å². The topological polar surface area (TPSA) is 72.7 Å². The van der Waals surface area contributed by atoms with E-state index in [0.717, 1.165) is 25.7 Å². The van der Waals surface area contributed by atoms with E-state index >= 15 is 0 Å². The van der Waals surface area contributed by atoms with Gasteiger partial charge in [-0.25, -0.2) is 9.07 Å². The second-order valence-electron chi connectivity index (χ2n) is 5.64. The molecule has 1 aromatic heterocycles. The third-order valence-electron chi connectivity index (χ3n) is 4.18. The quantitative estimate of drug-likeness (QED) is 0.914. The van der Waals surface area contributed by atoms with Crippen molar-refractivity contribution in [2.75, 3.05) is 0 Å². The van der Waals surface area contributed by atoms with Crippen LogP contribution in [0.5, 0.6) is 0 Å². The van der Waals surface area contributed by atoms with Gasteiger partial charge in [-0.15, -0.1) is 5.10 Å². The lowest BCUT2D eigenvalue weighted by atomic mass is 9.87. The van der Waals surface area contributed by atoms with E-state index in [9.17, 15) is 9.18 Å². The minimum Gasteiger partial charge on any atom is -0.346 e. The van der Waals surface area contributed by atoms with Gasteiger partial charge in [0.25, 0.3) is 0 Å². The maximum Gasteiger partial charge on any atom is 0.222 e. The second-order valence-corrected chi connectivity index (χ2v) is 5.64. The first-order chi connectivity index (χ1) is 10.7. The van der Waals surface area contributed by atoms with Crippen molar-refractivity contribution < 1.29 is 9.18 Å². The van der Waals surface area contributed by atoms with E-state index in [-0.39, 0.29) is 18.1 Å². The van der Waals surface area contributed by atoms with Gasteiger partial charge in [0.1, 0.15) is 12.1 Å². The molecule has 0 radical (unpaired) electrons. The van der Waals surface area contributed by atoms with Crippen molar-refractivity contribution in [2.45, 2.75) is 44.2 Å². The number of nitrogens with one attached hydrogen (secondary N) is 1. The molecular weight excluding hydrogens is 285 g/mol. The van der Waals surface area contributed by atoms with Gasteiger partial charge < -0.3 is 5.32 Å². The van der Waals surface area contributed by atoms with Crippen LogP contribution in [-0.2, 0) is 16.9 Å². The van der Waals surface area contributed by atoms with Crippen LogP contribution in [0.15, 0.2) is 30.6 Å². The first kappa shape index (κ1) is 14.6. The maximum atomic E-state index is 14.2. The molecule has 0 bridgehead atoms. The average molecular weight is 303 g/mol. The van der Waals surface area contributed by atoms with E-state index in [1.807, 2.05) is 6.07 Å². The summed E-state index contributed by atoms with van der Waals surface area (Å²) < 4.78 is 15.7. The molecule has 1 heterocycles. The molecule has 2 aromatic rings. The molecule has 1 aromatic carbocycles. The van der Waals surface area contributed by atoms with E-state index in [1.54, 1.807) is 12.1 Å². The lowest BCUT2D eigenvalue weighted by molar-refractivity contribution is -0.123. The Labute approximate surface area is 127 Å². The lowest BCUT2D eigenvalue weighted by Crippen LogP contribution is -2.44. The monoisotopic (exact) mass is 303 g/mol. The molecule has 1 saturated carbocycles. The summed E-state index contributed by atoms with van der Waals surface area (Å²) >= 11 is 0. The highest BCUT2D eigenvalue weighted by Gasteiger charge is 2.38. The largest absolute Gasteiger partial charge is 0.346 e. The highest BCUT2D eigenvalue weighted by molar-refractivity contribution is 5.77. The van der Waals surface area contributed by atoms with Crippen molar-refractivity contribution in [2.24, 2.45) is 0 Å². The Balaban J connectivity index is 1.72. The molecule has 0 aliphatic heterocycles. The minimum absolute atomic E-state index is 0.111. The molecular formula is C15H18FN5O. The molecule has 0 spiro atoms. The van der Waals surface area contributed by atoms with Gasteiger partial charge in [-0.1, -0.05) is 31.0 Å². The third kappa shape index (κ3) is 2.98. The van der Waals surface area contributed by atoms with Crippen molar-refractivity contribution in [3.63, 3.8) is 0 Å². The number of benzene rings is 1. The van der Waals surface area contributed by atoms with Gasteiger partial charge in [-0.3, -0.25) is 4.79 Å². The molecule has 6 nitrogen and oxygen atoms in total. The molecule has 116 valence electrons. The summed E-state index contributed by atoms with van der Waals surface area (Å²) in [4.78, 5) is 12.3. The number of carbonyl (C=O) groups is 1. The Morgan fingerprint density at radius 2 is 2.09 bits per heavy atom. The van der Waals surface area contributed by atoms with Gasteiger partial charge in [-0.05, 0) is 29.3 Å². The Morgan fingerprint density at radius 1 is 1.32 bits per heavy atom. The van der Waals surface area contributed by atoms with E-state index in [0.29, 0.717) is 12.1 Å². The summed E-state index contributed by atoms with van der Waals surface area (Å²) in [5.41, 5.74) is 0.00605. The highest BCUT2D eigenvalue weighted by atomic mass is 19.1. The zero-order valence-electron chi connectivity index (χ0n) is 12.2. The second kappa shape index (κ2) is 6.21. The van der Waals surface area contributed by atoms with Crippen molar-refractivity contribution >= 4 is 5.91 Å². The summed E-state index contributed by atoms with van der Waals surface area (Å²) in [6.45, 7) is 0.409. The normalized spacial score (nSPS) is 16.6. The Morgan fingerprint density at radius 3 is 2.77 bits per heavy atom. The van der Waals surface area contributed by atoms with Crippen molar-refractivity contribution in [1.29, 1.82) is 0 Å². The summed E-state index contributed by atoms with van der Waals surface area (Å²) in [6.07, 6.45) is 5.25. The predicted molar refractivity (Wildman–Crippen MR) is 77.1 cm³/mol. The molecule has 3 rings (SSSR count). The number of tetrazole rings is 1. The Hall–Kier alpha value is -2.31. The van der Waals surface area contributed by atoms with Crippen molar-refractivity contribution in [1.82, 2.24) is 25.5 Å². The van der Waals surface area contributed by atoms with Crippen LogP contribution < -0.4 is 5.32 Å². The third-order valence-corrected chi connectivity index (χ3v) is 4.18. The average Bonchev–Trinajstić information content (AvgIpc) is 3.17. The molecule has 1 aliphatic rings. The zero-order valence-corrected chi connectivity index (χ0v) is 12.2. The fourth-order valence-corrected chi connectivity index (χ4v) is 3.12. The number of hydrogen-bond acceptors (Lipinski definition) is 4. The van der Waals surface area contributed by atoms with Gasteiger partial charge in [0, 0.05) is 12.0 Å². The highest BCUT2D eigenvalue weighted by Crippen LogP contribution is 2.39. The molecule has 1 N–H and O–H groups in total. The number of hydrogen-bond donors (Lipinski definition) is 1. The lowest BCUT2D eigenvalue weighted by Gasteiger charge is -2.31. The van der Waals surface area contributed by atoms with Gasteiger partial charge in [0.05, 0.1) is 12.1 Å². The maximum absolute atomic E-state index is 14.2. The smallest absolute Gasteiger partial charge is 0.222 e. The molecule has 0 atom stereocenters. The van der Waals surface area contributed by atoms with E-state index < -0.39 is 5.54 Å². The number of amides is 1. The number of halogens is 1. The minimum atomic E-state index is -0.580. The van der Waals surface area contributed by atoms with Gasteiger partial charge >= 0.3 is 0 Å². The molecule has 22 heavy (non-hydrogen) atoms. The van der Waals surface area contributed by atoms with Crippen molar-refractivity contribution in [3.8, 4) is 0 Å². The van der Waals surface area contributed by atoms with Gasteiger partial charge in [-0.2, -0.15) is 0 Å². The molecule has 7 heteroatoms. The fraction of sp³-hybridized carbons (Fsp3) is 0.467. The summed E-state index contributed by atoms with van der Waals surface area (Å²) in [6, 6.07) is 6.69. The van der Waals surface area contributed by atoms with Gasteiger partial charge in [0.2, 0.25) is 5.91 Å². The number of aryl methyl sites for hydroxylation is 1. The van der Waals surface area contributed by atoms with Crippen LogP contribution in [0.4, 0.5) is 4.39 Å². The van der Waals surface area contributed by atoms with E-state index in [4.69, 9.17) is 0 Å². The SMILES string of the molecule is O=C(CCn1cnnn1)NC1(c2ccccc2F)CCCC1. The molecule has 1 fully saturated rings. The zero-order chi connectivity index (χ0) is 15.4. The van der Waals surface area contributed by atoms with Crippen LogP contribution in [-0.4, -0.2) is 26.1 Å². The van der Waals surface area contributed by atoms with E-state index in [2.05, 4.69) is 20.8 Å². The summed E-state index contributed by atoms with van der Waals surface area (Å²) in [5, 5.41) is 13.8. The van der Waals surface area contributed by atoms with Crippen LogP contribution in [0.2, 0.25) is 0 Å². The standard InChI is InChI=1S/C15H18FN5O/c16-13-6-2-1-5-12(13)15(8-3-4-9-15)18-14(22)7-10-21-11-17-19-20-21/h1-2,5-6,11H,3-4,7-10H2,(H,18,22). The number of nitrogens with zero attached hydrogens (tertiary/aromatic N) is 4. The van der Waals surface area contributed by atoms with E-state index in [1.165, 1.54) is 17.1 Å². The molecule has 1 amide bonds. The first-order valence-electron chi connectivity index (χ1n) is 7.46. The van der Waals surface area contributed by atoms with Crippen LogP contribution in [0.1, 0.15) is 37.7 Å². The Bertz CT molecular complexity index is 637. The van der Waals surface area contributed by atoms with Crippen LogP contribution in [0.25, 0.3) is 0 Å². The van der Waals surface area contributed by atoms with Gasteiger partial charge in [0.15, 0.2) is 0 Å². The molecule has 0 unspecified atom stereocenters.